The van der Waals surface area contributed by atoms with Crippen molar-refractivity contribution in [2.24, 2.45) is 4.99 Å². The Morgan fingerprint density at radius 3 is 2.44 bits per heavy atom. The average molecular weight is 503 g/mol. The molecule has 1 aromatic rings. The molecule has 2 saturated carbocycles. The quantitative estimate of drug-likeness (QED) is 0.303. The molecule has 0 spiro atoms. The first-order chi connectivity index (χ1) is 12.7. The SMILES string of the molecule is CCNC(=NCC1(Sc2ccccc2)CCCC1)NC1CCC(O)CC1.I. The van der Waals surface area contributed by atoms with Gasteiger partial charge < -0.3 is 15.7 Å². The molecule has 2 fully saturated rings. The summed E-state index contributed by atoms with van der Waals surface area (Å²) in [5.41, 5.74) is 0. The minimum absolute atomic E-state index is 0. The van der Waals surface area contributed by atoms with Crippen molar-refractivity contribution in [3.8, 4) is 0 Å². The predicted molar refractivity (Wildman–Crippen MR) is 126 cm³/mol. The van der Waals surface area contributed by atoms with Gasteiger partial charge in [0.25, 0.3) is 0 Å². The third-order valence-electron chi connectivity index (χ3n) is 5.50. The molecule has 2 aliphatic rings. The normalized spacial score (nSPS) is 24.9. The summed E-state index contributed by atoms with van der Waals surface area (Å²) in [5, 5.41) is 16.7. The molecule has 0 saturated heterocycles. The summed E-state index contributed by atoms with van der Waals surface area (Å²) < 4.78 is 0.229. The maximum Gasteiger partial charge on any atom is 0.191 e. The number of hydrogen-bond acceptors (Lipinski definition) is 3. The lowest BCUT2D eigenvalue weighted by molar-refractivity contribution is 0.120. The van der Waals surface area contributed by atoms with E-state index in [9.17, 15) is 5.11 Å². The first-order valence-electron chi connectivity index (χ1n) is 10.2. The first kappa shape index (κ1) is 22.8. The molecule has 0 unspecified atom stereocenters. The second-order valence-electron chi connectivity index (χ2n) is 7.65. The van der Waals surface area contributed by atoms with Crippen LogP contribution in [0.4, 0.5) is 0 Å². The van der Waals surface area contributed by atoms with Crippen LogP contribution in [0.3, 0.4) is 0 Å². The average Bonchev–Trinajstić information content (AvgIpc) is 3.11. The second-order valence-corrected chi connectivity index (χ2v) is 9.19. The topological polar surface area (TPSA) is 56.7 Å². The van der Waals surface area contributed by atoms with Crippen molar-refractivity contribution in [2.75, 3.05) is 13.1 Å². The van der Waals surface area contributed by atoms with Crippen LogP contribution in [0.2, 0.25) is 0 Å². The number of benzene rings is 1. The highest BCUT2D eigenvalue weighted by molar-refractivity contribution is 14.0. The van der Waals surface area contributed by atoms with Gasteiger partial charge in [-0.2, -0.15) is 0 Å². The highest BCUT2D eigenvalue weighted by atomic mass is 127. The van der Waals surface area contributed by atoms with E-state index in [0.29, 0.717) is 6.04 Å². The van der Waals surface area contributed by atoms with Crippen LogP contribution in [-0.4, -0.2) is 41.0 Å². The van der Waals surface area contributed by atoms with Crippen LogP contribution in [0, 0.1) is 0 Å². The molecule has 0 radical (unpaired) electrons. The van der Waals surface area contributed by atoms with Gasteiger partial charge >= 0.3 is 0 Å². The third-order valence-corrected chi connectivity index (χ3v) is 6.98. The molecule has 6 heteroatoms. The maximum absolute atomic E-state index is 9.71. The molecular weight excluding hydrogens is 469 g/mol. The molecule has 3 rings (SSSR count). The molecule has 152 valence electrons. The van der Waals surface area contributed by atoms with E-state index in [2.05, 4.69) is 47.9 Å². The number of aliphatic hydroxyl groups excluding tert-OH is 1. The van der Waals surface area contributed by atoms with Crippen LogP contribution in [0.25, 0.3) is 0 Å². The summed E-state index contributed by atoms with van der Waals surface area (Å²) in [5.74, 6) is 0.939. The van der Waals surface area contributed by atoms with Crippen molar-refractivity contribution < 1.29 is 5.11 Å². The van der Waals surface area contributed by atoms with Gasteiger partial charge in [0.1, 0.15) is 0 Å². The fourth-order valence-electron chi connectivity index (χ4n) is 4.01. The van der Waals surface area contributed by atoms with Gasteiger partial charge in [-0.15, -0.1) is 35.7 Å². The molecular formula is C21H34IN3OS. The van der Waals surface area contributed by atoms with Crippen molar-refractivity contribution >= 4 is 41.7 Å². The number of aliphatic hydroxyl groups is 1. The molecule has 0 atom stereocenters. The Labute approximate surface area is 185 Å². The van der Waals surface area contributed by atoms with Crippen molar-refractivity contribution in [2.45, 2.75) is 80.1 Å². The Hall–Kier alpha value is -0.470. The molecule has 4 nitrogen and oxygen atoms in total. The van der Waals surface area contributed by atoms with Crippen molar-refractivity contribution in [3.63, 3.8) is 0 Å². The molecule has 3 N–H and O–H groups in total. The summed E-state index contributed by atoms with van der Waals surface area (Å²) in [6.45, 7) is 3.85. The molecule has 0 aliphatic heterocycles. The van der Waals surface area contributed by atoms with E-state index >= 15 is 0 Å². The van der Waals surface area contributed by atoms with E-state index in [4.69, 9.17) is 4.99 Å². The minimum atomic E-state index is -0.114. The van der Waals surface area contributed by atoms with Gasteiger partial charge in [0.05, 0.1) is 12.6 Å². The smallest absolute Gasteiger partial charge is 0.191 e. The minimum Gasteiger partial charge on any atom is -0.393 e. The Bertz CT molecular complexity index is 570. The van der Waals surface area contributed by atoms with E-state index in [0.717, 1.165) is 44.7 Å². The van der Waals surface area contributed by atoms with Gasteiger partial charge in [0.2, 0.25) is 0 Å². The number of halogens is 1. The molecule has 0 aromatic heterocycles. The number of thioether (sulfide) groups is 1. The lowest BCUT2D eigenvalue weighted by Crippen LogP contribution is -2.46. The Morgan fingerprint density at radius 2 is 1.81 bits per heavy atom. The summed E-state index contributed by atoms with van der Waals surface area (Å²) in [6.07, 6.45) is 8.81. The highest BCUT2D eigenvalue weighted by Gasteiger charge is 2.35. The monoisotopic (exact) mass is 503 g/mol. The number of guanidine groups is 1. The number of hydrogen-bond donors (Lipinski definition) is 3. The zero-order valence-electron chi connectivity index (χ0n) is 16.3. The molecule has 27 heavy (non-hydrogen) atoms. The molecule has 0 amide bonds. The molecule has 0 bridgehead atoms. The van der Waals surface area contributed by atoms with Crippen LogP contribution in [0.1, 0.15) is 58.3 Å². The zero-order valence-corrected chi connectivity index (χ0v) is 19.5. The van der Waals surface area contributed by atoms with Crippen LogP contribution in [-0.2, 0) is 0 Å². The van der Waals surface area contributed by atoms with E-state index in [1.165, 1.54) is 30.6 Å². The number of aliphatic imine (C=N–C) groups is 1. The Morgan fingerprint density at radius 1 is 1.15 bits per heavy atom. The number of rotatable bonds is 6. The van der Waals surface area contributed by atoms with Crippen LogP contribution in [0.5, 0.6) is 0 Å². The summed E-state index contributed by atoms with van der Waals surface area (Å²) in [6, 6.07) is 11.2. The lowest BCUT2D eigenvalue weighted by atomic mass is 9.93. The Kier molecular flexibility index (Phi) is 9.73. The summed E-state index contributed by atoms with van der Waals surface area (Å²) in [7, 11) is 0. The van der Waals surface area contributed by atoms with Crippen molar-refractivity contribution in [1.29, 1.82) is 0 Å². The number of nitrogens with zero attached hydrogens (tertiary/aromatic N) is 1. The van der Waals surface area contributed by atoms with Crippen LogP contribution >= 0.6 is 35.7 Å². The van der Waals surface area contributed by atoms with Crippen molar-refractivity contribution in [1.82, 2.24) is 10.6 Å². The summed E-state index contributed by atoms with van der Waals surface area (Å²) >= 11 is 2.01. The lowest BCUT2D eigenvalue weighted by Gasteiger charge is -2.29. The third kappa shape index (κ3) is 7.13. The molecule has 1 aromatic carbocycles. The van der Waals surface area contributed by atoms with Crippen LogP contribution in [0.15, 0.2) is 40.2 Å². The van der Waals surface area contributed by atoms with E-state index in [1.807, 2.05) is 11.8 Å². The molecule has 2 aliphatic carbocycles. The van der Waals surface area contributed by atoms with Crippen LogP contribution < -0.4 is 10.6 Å². The fourth-order valence-corrected chi connectivity index (χ4v) is 5.42. The van der Waals surface area contributed by atoms with Gasteiger partial charge in [0.15, 0.2) is 5.96 Å². The van der Waals surface area contributed by atoms with E-state index in [1.54, 1.807) is 0 Å². The highest BCUT2D eigenvalue weighted by Crippen LogP contribution is 2.45. The van der Waals surface area contributed by atoms with Gasteiger partial charge in [-0.3, -0.25) is 4.99 Å². The predicted octanol–water partition coefficient (Wildman–Crippen LogP) is 4.57. The molecule has 0 heterocycles. The summed E-state index contributed by atoms with van der Waals surface area (Å²) in [4.78, 5) is 6.34. The van der Waals surface area contributed by atoms with Gasteiger partial charge in [0, 0.05) is 22.2 Å². The second kappa shape index (κ2) is 11.5. The van der Waals surface area contributed by atoms with Crippen molar-refractivity contribution in [3.05, 3.63) is 30.3 Å². The fraction of sp³-hybridized carbons (Fsp3) is 0.667. The van der Waals surface area contributed by atoms with E-state index in [-0.39, 0.29) is 34.8 Å². The van der Waals surface area contributed by atoms with Gasteiger partial charge in [-0.1, -0.05) is 31.0 Å². The standard InChI is InChI=1S/C21H33N3OS.HI/c1-2-22-20(24-17-10-12-18(25)13-11-17)23-16-21(14-6-7-15-21)26-19-8-4-3-5-9-19;/h3-5,8-9,17-18,25H,2,6-7,10-16H2,1H3,(H2,22,23,24);1H. The van der Waals surface area contributed by atoms with E-state index < -0.39 is 0 Å². The van der Waals surface area contributed by atoms with Gasteiger partial charge in [-0.25, -0.2) is 0 Å². The Balaban J connectivity index is 0.00000261. The maximum atomic E-state index is 9.71. The number of nitrogens with one attached hydrogen (secondary N) is 2. The largest absolute Gasteiger partial charge is 0.393 e. The first-order valence-corrected chi connectivity index (χ1v) is 11.0. The van der Waals surface area contributed by atoms with Gasteiger partial charge in [-0.05, 0) is 57.6 Å². The zero-order chi connectivity index (χ0) is 18.2.